The van der Waals surface area contributed by atoms with Gasteiger partial charge in [-0.25, -0.2) is 0 Å². The topological polar surface area (TPSA) is 109 Å². The van der Waals surface area contributed by atoms with Crippen LogP contribution in [-0.2, 0) is 14.4 Å². The standard InChI is InChI=1S/C14H15ClO6S/c1-8(16)14(13(20)21,7-3-2-4-11(17)18)12(19)9-5-6-10(15)22-9/h5-6H,2-4,7H2,1H3,(H,17,18)(H,20,21). The van der Waals surface area contributed by atoms with Gasteiger partial charge in [0.25, 0.3) is 0 Å². The van der Waals surface area contributed by atoms with Gasteiger partial charge >= 0.3 is 11.9 Å². The molecule has 1 heterocycles. The maximum atomic E-state index is 12.5. The predicted molar refractivity (Wildman–Crippen MR) is 80.5 cm³/mol. The van der Waals surface area contributed by atoms with Gasteiger partial charge in [-0.15, -0.1) is 11.3 Å². The van der Waals surface area contributed by atoms with Crippen molar-refractivity contribution in [2.45, 2.75) is 32.6 Å². The molecule has 8 heteroatoms. The van der Waals surface area contributed by atoms with E-state index in [1.807, 2.05) is 0 Å². The van der Waals surface area contributed by atoms with Crippen LogP contribution in [-0.4, -0.2) is 33.7 Å². The monoisotopic (exact) mass is 346 g/mol. The lowest BCUT2D eigenvalue weighted by molar-refractivity contribution is -0.151. The fourth-order valence-corrected chi connectivity index (χ4v) is 3.18. The highest BCUT2D eigenvalue weighted by molar-refractivity contribution is 7.18. The summed E-state index contributed by atoms with van der Waals surface area (Å²) in [6.07, 6.45) is -0.0505. The zero-order chi connectivity index (χ0) is 16.9. The summed E-state index contributed by atoms with van der Waals surface area (Å²) in [5.41, 5.74) is -2.19. The Hall–Kier alpha value is -1.73. The van der Waals surface area contributed by atoms with Crippen LogP contribution in [0.4, 0.5) is 0 Å². The molecule has 120 valence electrons. The Labute approximate surface area is 135 Å². The molecule has 0 bridgehead atoms. The highest BCUT2D eigenvalue weighted by Gasteiger charge is 2.50. The van der Waals surface area contributed by atoms with Crippen molar-refractivity contribution in [2.24, 2.45) is 5.41 Å². The smallest absolute Gasteiger partial charge is 0.325 e. The molecule has 0 saturated carbocycles. The molecule has 0 aliphatic carbocycles. The molecule has 0 aliphatic rings. The lowest BCUT2D eigenvalue weighted by Crippen LogP contribution is -2.45. The molecule has 2 N–H and O–H groups in total. The fraction of sp³-hybridized carbons (Fsp3) is 0.429. The molecule has 22 heavy (non-hydrogen) atoms. The van der Waals surface area contributed by atoms with Gasteiger partial charge in [0, 0.05) is 6.42 Å². The van der Waals surface area contributed by atoms with E-state index in [4.69, 9.17) is 16.7 Å². The number of Topliss-reactive ketones (excluding diaryl/α,β-unsaturated/α-hetero) is 2. The summed E-state index contributed by atoms with van der Waals surface area (Å²) in [6.45, 7) is 1.05. The third-order valence-electron chi connectivity index (χ3n) is 3.34. The molecule has 1 rings (SSSR count). The number of rotatable bonds is 9. The van der Waals surface area contributed by atoms with Crippen LogP contribution in [0.15, 0.2) is 12.1 Å². The maximum Gasteiger partial charge on any atom is 0.325 e. The normalized spacial score (nSPS) is 13.4. The van der Waals surface area contributed by atoms with Crippen LogP contribution < -0.4 is 0 Å². The molecule has 0 saturated heterocycles. The number of carbonyl (C=O) groups excluding carboxylic acids is 2. The summed E-state index contributed by atoms with van der Waals surface area (Å²) >= 11 is 6.65. The Morgan fingerprint density at radius 3 is 2.23 bits per heavy atom. The van der Waals surface area contributed by atoms with Gasteiger partial charge in [0.1, 0.15) is 0 Å². The first-order valence-corrected chi connectivity index (χ1v) is 7.67. The van der Waals surface area contributed by atoms with Crippen molar-refractivity contribution in [1.82, 2.24) is 0 Å². The number of hydrogen-bond donors (Lipinski definition) is 2. The van der Waals surface area contributed by atoms with Crippen molar-refractivity contribution in [3.63, 3.8) is 0 Å². The Kier molecular flexibility index (Phi) is 6.25. The molecule has 0 aromatic carbocycles. The van der Waals surface area contributed by atoms with Gasteiger partial charge in [-0.05, 0) is 31.9 Å². The van der Waals surface area contributed by atoms with E-state index in [-0.39, 0.29) is 30.6 Å². The zero-order valence-corrected chi connectivity index (χ0v) is 13.4. The summed E-state index contributed by atoms with van der Waals surface area (Å²) in [6, 6.07) is 2.84. The molecule has 0 aliphatic heterocycles. The lowest BCUT2D eigenvalue weighted by atomic mass is 9.75. The van der Waals surface area contributed by atoms with E-state index in [0.29, 0.717) is 4.34 Å². The minimum atomic E-state index is -2.19. The molecule has 1 aromatic heterocycles. The molecule has 1 unspecified atom stereocenters. The first kappa shape index (κ1) is 18.3. The van der Waals surface area contributed by atoms with Crippen LogP contribution in [0.5, 0.6) is 0 Å². The number of carboxylic acids is 2. The molecule has 1 atom stereocenters. The van der Waals surface area contributed by atoms with Crippen LogP contribution in [0.25, 0.3) is 0 Å². The van der Waals surface area contributed by atoms with Crippen LogP contribution >= 0.6 is 22.9 Å². The van der Waals surface area contributed by atoms with Gasteiger partial charge in [0.15, 0.2) is 17.0 Å². The quantitative estimate of drug-likeness (QED) is 0.404. The lowest BCUT2D eigenvalue weighted by Gasteiger charge is -2.24. The number of unbranched alkanes of at least 4 members (excludes halogenated alkanes) is 1. The van der Waals surface area contributed by atoms with E-state index < -0.39 is 28.9 Å². The van der Waals surface area contributed by atoms with Crippen LogP contribution in [0.2, 0.25) is 4.34 Å². The minimum absolute atomic E-state index is 0.0980. The molecular weight excluding hydrogens is 332 g/mol. The van der Waals surface area contributed by atoms with Crippen molar-refractivity contribution in [3.8, 4) is 0 Å². The van der Waals surface area contributed by atoms with Crippen molar-refractivity contribution >= 4 is 46.4 Å². The number of ketones is 2. The van der Waals surface area contributed by atoms with E-state index >= 15 is 0 Å². The summed E-state index contributed by atoms with van der Waals surface area (Å²) in [5, 5.41) is 18.0. The molecule has 0 amide bonds. The van der Waals surface area contributed by atoms with Crippen molar-refractivity contribution in [1.29, 1.82) is 0 Å². The molecule has 0 fully saturated rings. The SMILES string of the molecule is CC(=O)C(CCCCC(=O)O)(C(=O)O)C(=O)c1ccc(Cl)s1. The summed E-state index contributed by atoms with van der Waals surface area (Å²) in [4.78, 5) is 46.6. The number of carboxylic acid groups (broad SMARTS) is 2. The van der Waals surface area contributed by atoms with Crippen molar-refractivity contribution in [3.05, 3.63) is 21.3 Å². The number of hydrogen-bond acceptors (Lipinski definition) is 5. The third-order valence-corrected chi connectivity index (χ3v) is 4.57. The average molecular weight is 347 g/mol. The summed E-state index contributed by atoms with van der Waals surface area (Å²) in [5.74, 6) is -4.12. The predicted octanol–water partition coefficient (Wildman–Crippen LogP) is 2.89. The molecule has 0 radical (unpaired) electrons. The molecule has 0 spiro atoms. The van der Waals surface area contributed by atoms with Gasteiger partial charge in [-0.3, -0.25) is 19.2 Å². The second-order valence-corrected chi connectivity index (χ2v) is 6.52. The highest BCUT2D eigenvalue weighted by Crippen LogP contribution is 2.35. The van der Waals surface area contributed by atoms with Crippen molar-refractivity contribution in [2.75, 3.05) is 0 Å². The Balaban J connectivity index is 3.05. The fourth-order valence-electron chi connectivity index (χ4n) is 2.12. The first-order valence-electron chi connectivity index (χ1n) is 6.48. The van der Waals surface area contributed by atoms with Crippen LogP contribution in [0, 0.1) is 5.41 Å². The first-order chi connectivity index (χ1) is 10.2. The Bertz CT molecular complexity index is 592. The molecule has 6 nitrogen and oxygen atoms in total. The zero-order valence-electron chi connectivity index (χ0n) is 11.8. The number of carbonyl (C=O) groups is 4. The van der Waals surface area contributed by atoms with Crippen LogP contribution in [0.1, 0.15) is 42.3 Å². The minimum Gasteiger partial charge on any atom is -0.481 e. The summed E-state index contributed by atoms with van der Waals surface area (Å²) in [7, 11) is 0. The Morgan fingerprint density at radius 2 is 1.82 bits per heavy atom. The van der Waals surface area contributed by atoms with Gasteiger partial charge in [0.05, 0.1) is 9.21 Å². The largest absolute Gasteiger partial charge is 0.481 e. The van der Waals surface area contributed by atoms with E-state index in [1.165, 1.54) is 12.1 Å². The van der Waals surface area contributed by atoms with E-state index in [2.05, 4.69) is 0 Å². The second-order valence-electron chi connectivity index (χ2n) is 4.80. The Morgan fingerprint density at radius 1 is 1.18 bits per heavy atom. The molecular formula is C14H15ClO6S. The van der Waals surface area contributed by atoms with E-state index in [9.17, 15) is 24.3 Å². The highest BCUT2D eigenvalue weighted by atomic mass is 35.5. The van der Waals surface area contributed by atoms with Gasteiger partial charge in [-0.2, -0.15) is 0 Å². The maximum absolute atomic E-state index is 12.5. The van der Waals surface area contributed by atoms with Gasteiger partial charge in [-0.1, -0.05) is 18.0 Å². The number of halogens is 1. The van der Waals surface area contributed by atoms with E-state index in [0.717, 1.165) is 18.3 Å². The van der Waals surface area contributed by atoms with Crippen LogP contribution in [0.3, 0.4) is 0 Å². The molecule has 1 aromatic rings. The number of aliphatic carboxylic acids is 2. The second kappa shape index (κ2) is 7.51. The van der Waals surface area contributed by atoms with E-state index in [1.54, 1.807) is 0 Å². The number of thiophene rings is 1. The van der Waals surface area contributed by atoms with Gasteiger partial charge in [0.2, 0.25) is 0 Å². The van der Waals surface area contributed by atoms with Gasteiger partial charge < -0.3 is 10.2 Å². The third kappa shape index (κ3) is 3.92. The van der Waals surface area contributed by atoms with Crippen molar-refractivity contribution < 1.29 is 29.4 Å². The summed E-state index contributed by atoms with van der Waals surface area (Å²) < 4.78 is 0.317. The average Bonchev–Trinajstić information content (AvgIpc) is 2.83.